The first kappa shape index (κ1) is 32.4. The number of aromatic hydroxyl groups is 1. The van der Waals surface area contributed by atoms with Crippen LogP contribution in [0.25, 0.3) is 10.9 Å². The second-order valence-electron chi connectivity index (χ2n) is 10.0. The fourth-order valence-corrected chi connectivity index (χ4v) is 4.86. The Hall–Kier alpha value is -4.07. The van der Waals surface area contributed by atoms with E-state index in [0.717, 1.165) is 10.9 Å². The number of amides is 3. The molecular weight excluding hydrogens is 562 g/mol. The van der Waals surface area contributed by atoms with Crippen molar-refractivity contribution in [3.05, 3.63) is 65.9 Å². The van der Waals surface area contributed by atoms with Gasteiger partial charge in [0.15, 0.2) is 0 Å². The quantitative estimate of drug-likeness (QED) is 0.123. The number of H-pyrrole nitrogens is 1. The monoisotopic (exact) mass is 599 g/mol. The number of aromatic amines is 1. The lowest BCUT2D eigenvalue weighted by Gasteiger charge is -2.26. The van der Waals surface area contributed by atoms with Crippen molar-refractivity contribution < 1.29 is 34.5 Å². The van der Waals surface area contributed by atoms with Crippen LogP contribution in [0.3, 0.4) is 0 Å². The number of carbonyl (C=O) groups excluding carboxylic acids is 3. The van der Waals surface area contributed by atoms with Crippen molar-refractivity contribution in [3.63, 3.8) is 0 Å². The minimum absolute atomic E-state index is 0.000432. The average Bonchev–Trinajstić information content (AvgIpc) is 3.37. The molecule has 13 heteroatoms. The van der Waals surface area contributed by atoms with E-state index in [-0.39, 0.29) is 18.6 Å². The molecule has 226 valence electrons. The van der Waals surface area contributed by atoms with Crippen LogP contribution in [0.1, 0.15) is 24.5 Å². The Morgan fingerprint density at radius 1 is 0.929 bits per heavy atom. The largest absolute Gasteiger partial charge is 0.508 e. The van der Waals surface area contributed by atoms with Gasteiger partial charge in [0.25, 0.3) is 0 Å². The van der Waals surface area contributed by atoms with Gasteiger partial charge in [-0.15, -0.1) is 0 Å². The van der Waals surface area contributed by atoms with Crippen molar-refractivity contribution in [1.82, 2.24) is 20.9 Å². The number of phenolic OH excluding ortho intramolecular Hbond substituents is 1. The van der Waals surface area contributed by atoms with Gasteiger partial charge in [0.05, 0.1) is 12.1 Å². The summed E-state index contributed by atoms with van der Waals surface area (Å²) >= 11 is 1.52. The average molecular weight is 600 g/mol. The molecule has 3 amide bonds. The van der Waals surface area contributed by atoms with E-state index in [0.29, 0.717) is 23.3 Å². The maximum atomic E-state index is 13.4. The molecule has 2 aromatic carbocycles. The number of aromatic nitrogens is 1. The van der Waals surface area contributed by atoms with Crippen LogP contribution in [0.5, 0.6) is 5.75 Å². The van der Waals surface area contributed by atoms with Gasteiger partial charge in [0.2, 0.25) is 17.7 Å². The number of nitrogens with one attached hydrogen (secondary N) is 4. The molecule has 9 N–H and O–H groups in total. The van der Waals surface area contributed by atoms with E-state index >= 15 is 0 Å². The molecule has 3 aromatic rings. The molecule has 0 aliphatic heterocycles. The highest BCUT2D eigenvalue weighted by molar-refractivity contribution is 7.98. The predicted octanol–water partition coefficient (Wildman–Crippen LogP) is 0.659. The number of carbonyl (C=O) groups is 4. The number of aliphatic hydroxyl groups is 1. The fourth-order valence-electron chi connectivity index (χ4n) is 4.37. The van der Waals surface area contributed by atoms with E-state index < -0.39 is 54.0 Å². The zero-order valence-corrected chi connectivity index (χ0v) is 24.2. The summed E-state index contributed by atoms with van der Waals surface area (Å²) in [6, 6.07) is 8.42. The number of benzene rings is 2. The number of nitrogens with two attached hydrogens (primary N) is 1. The Bertz CT molecular complexity index is 1380. The van der Waals surface area contributed by atoms with Gasteiger partial charge in [-0.05, 0) is 54.7 Å². The van der Waals surface area contributed by atoms with Crippen molar-refractivity contribution in [3.8, 4) is 5.75 Å². The van der Waals surface area contributed by atoms with Crippen molar-refractivity contribution >= 4 is 46.4 Å². The summed E-state index contributed by atoms with van der Waals surface area (Å²) in [6.45, 7) is 1.28. The third-order valence-electron chi connectivity index (χ3n) is 6.76. The number of fused-ring (bicyclic) bond motifs is 1. The number of rotatable bonds is 15. The molecule has 0 radical (unpaired) electrons. The van der Waals surface area contributed by atoms with Gasteiger partial charge < -0.3 is 42.0 Å². The summed E-state index contributed by atoms with van der Waals surface area (Å²) in [4.78, 5) is 54.5. The molecule has 3 rings (SSSR count). The van der Waals surface area contributed by atoms with Gasteiger partial charge >= 0.3 is 5.97 Å². The summed E-state index contributed by atoms with van der Waals surface area (Å²) in [6.07, 6.45) is 2.49. The summed E-state index contributed by atoms with van der Waals surface area (Å²) < 4.78 is 0. The Labute approximate surface area is 247 Å². The Balaban J connectivity index is 1.76. The molecule has 0 spiro atoms. The minimum atomic E-state index is -1.52. The summed E-state index contributed by atoms with van der Waals surface area (Å²) in [5, 5.41) is 38.1. The molecule has 1 aromatic heterocycles. The Morgan fingerprint density at radius 3 is 2.24 bits per heavy atom. The minimum Gasteiger partial charge on any atom is -0.508 e. The first-order valence-corrected chi connectivity index (χ1v) is 14.8. The van der Waals surface area contributed by atoms with Gasteiger partial charge in [-0.3, -0.25) is 14.4 Å². The number of thioether (sulfide) groups is 1. The summed E-state index contributed by atoms with van der Waals surface area (Å²) in [5.41, 5.74) is 8.07. The number of aliphatic hydroxyl groups excluding tert-OH is 1. The second kappa shape index (κ2) is 15.2. The number of carboxylic acid groups (broad SMARTS) is 1. The predicted molar refractivity (Wildman–Crippen MR) is 160 cm³/mol. The van der Waals surface area contributed by atoms with Crippen LogP contribution in [-0.2, 0) is 32.0 Å². The molecule has 42 heavy (non-hydrogen) atoms. The Kier molecular flexibility index (Phi) is 11.8. The highest BCUT2D eigenvalue weighted by Crippen LogP contribution is 2.19. The normalized spacial score (nSPS) is 14.8. The van der Waals surface area contributed by atoms with Crippen LogP contribution in [-0.4, -0.2) is 86.3 Å². The molecule has 1 heterocycles. The molecule has 5 atom stereocenters. The molecule has 0 saturated carbocycles. The van der Waals surface area contributed by atoms with Gasteiger partial charge in [0.1, 0.15) is 23.9 Å². The van der Waals surface area contributed by atoms with Gasteiger partial charge in [-0.1, -0.05) is 30.3 Å². The van der Waals surface area contributed by atoms with Crippen LogP contribution in [0.15, 0.2) is 54.7 Å². The summed E-state index contributed by atoms with van der Waals surface area (Å²) in [7, 11) is 0. The van der Waals surface area contributed by atoms with Crippen molar-refractivity contribution in [2.75, 3.05) is 12.0 Å². The highest BCUT2D eigenvalue weighted by atomic mass is 32.2. The number of aliphatic carboxylic acids is 1. The molecule has 0 bridgehead atoms. The number of para-hydroxylation sites is 1. The lowest BCUT2D eigenvalue weighted by molar-refractivity contribution is -0.143. The molecule has 0 aliphatic rings. The zero-order valence-electron chi connectivity index (χ0n) is 23.4. The van der Waals surface area contributed by atoms with Gasteiger partial charge in [-0.2, -0.15) is 11.8 Å². The number of carboxylic acids is 1. The maximum Gasteiger partial charge on any atom is 0.326 e. The highest BCUT2D eigenvalue weighted by Gasteiger charge is 2.33. The van der Waals surface area contributed by atoms with E-state index in [4.69, 9.17) is 5.73 Å². The van der Waals surface area contributed by atoms with Crippen molar-refractivity contribution in [1.29, 1.82) is 0 Å². The first-order chi connectivity index (χ1) is 20.0. The molecule has 0 fully saturated rings. The molecule has 12 nitrogen and oxygen atoms in total. The number of hydrogen-bond acceptors (Lipinski definition) is 8. The number of phenols is 1. The first-order valence-electron chi connectivity index (χ1n) is 13.4. The third-order valence-corrected chi connectivity index (χ3v) is 7.40. The van der Waals surface area contributed by atoms with Crippen LogP contribution in [0.2, 0.25) is 0 Å². The topological polar surface area (TPSA) is 207 Å². The van der Waals surface area contributed by atoms with E-state index in [1.54, 1.807) is 18.3 Å². The standard InChI is InChI=1S/C29H37N5O7S/c1-16(35)25(28(39)33-24(29(40)41)14-18-15-31-22-6-4-3-5-20(18)22)34-27(38)23(13-17-7-9-19(36)10-8-17)32-26(37)21(30)11-12-42-2/h3-10,15-16,21,23-25,31,35-36H,11-14,30H2,1-2H3,(H,32,37)(H,33,39)(H,34,38)(H,40,41). The fraction of sp³-hybridized carbons (Fsp3) is 0.379. The van der Waals surface area contributed by atoms with E-state index in [9.17, 15) is 34.5 Å². The maximum absolute atomic E-state index is 13.4. The third kappa shape index (κ3) is 8.96. The van der Waals surface area contributed by atoms with E-state index in [2.05, 4.69) is 20.9 Å². The smallest absolute Gasteiger partial charge is 0.326 e. The lowest BCUT2D eigenvalue weighted by Crippen LogP contribution is -2.60. The zero-order chi connectivity index (χ0) is 30.8. The lowest BCUT2D eigenvalue weighted by atomic mass is 10.0. The van der Waals surface area contributed by atoms with Crippen molar-refractivity contribution in [2.24, 2.45) is 5.73 Å². The van der Waals surface area contributed by atoms with E-state index in [1.165, 1.54) is 30.8 Å². The van der Waals surface area contributed by atoms with Crippen LogP contribution >= 0.6 is 11.8 Å². The van der Waals surface area contributed by atoms with Crippen molar-refractivity contribution in [2.45, 2.75) is 56.5 Å². The molecule has 0 saturated heterocycles. The van der Waals surface area contributed by atoms with Crippen LogP contribution in [0, 0.1) is 0 Å². The molecule has 5 unspecified atom stereocenters. The van der Waals surface area contributed by atoms with Gasteiger partial charge in [-0.25, -0.2) is 4.79 Å². The second-order valence-corrected chi connectivity index (χ2v) is 11.0. The Morgan fingerprint density at radius 2 is 1.60 bits per heavy atom. The van der Waals surface area contributed by atoms with Crippen LogP contribution < -0.4 is 21.7 Å². The number of hydrogen-bond donors (Lipinski definition) is 8. The molecular formula is C29H37N5O7S. The van der Waals surface area contributed by atoms with Crippen LogP contribution in [0.4, 0.5) is 0 Å². The van der Waals surface area contributed by atoms with Gasteiger partial charge in [0, 0.05) is 29.9 Å². The SMILES string of the molecule is CSCCC(N)C(=O)NC(Cc1ccc(O)cc1)C(=O)NC(C(=O)NC(Cc1c[nH]c2ccccc12)C(=O)O)C(C)O. The molecule has 0 aliphatic carbocycles. The van der Waals surface area contributed by atoms with E-state index in [1.807, 2.05) is 30.5 Å². The summed E-state index contributed by atoms with van der Waals surface area (Å²) in [5.74, 6) is -2.88.